The SMILES string of the molecule is [C-]#[N+]c1cccc(-c2ccc3c(c2)c2ccccc2n3-c2ccc(-c3nc(-c4ccccc4)nc(-c4ccccc4)n3)cc2-c2cc(C#N)ccc2-n2c3ccccc3c3cc(-c4cccc(C#N)c4)ccc32)c1. The van der Waals surface area contributed by atoms with E-state index in [2.05, 4.69) is 135 Å². The van der Waals surface area contributed by atoms with Crippen molar-refractivity contribution in [3.05, 3.63) is 253 Å². The lowest BCUT2D eigenvalue weighted by Gasteiger charge is -2.20. The van der Waals surface area contributed by atoms with Crippen LogP contribution in [0.4, 0.5) is 5.69 Å². The Balaban J connectivity index is 1.10. The van der Waals surface area contributed by atoms with Crippen molar-refractivity contribution in [3.8, 4) is 91.1 Å². The zero-order chi connectivity index (χ0) is 49.7. The summed E-state index contributed by atoms with van der Waals surface area (Å²) >= 11 is 0. The summed E-state index contributed by atoms with van der Waals surface area (Å²) in [5, 5.41) is 24.7. The Morgan fingerprint density at radius 2 is 0.770 bits per heavy atom. The summed E-state index contributed by atoms with van der Waals surface area (Å²) in [5.41, 5.74) is 15.6. The Hall–Kier alpha value is -10.7. The van der Waals surface area contributed by atoms with Gasteiger partial charge in [-0.25, -0.2) is 19.8 Å². The molecule has 13 rings (SSSR count). The van der Waals surface area contributed by atoms with E-state index >= 15 is 0 Å². The molecule has 3 heterocycles. The molecule has 342 valence electrons. The van der Waals surface area contributed by atoms with Crippen LogP contribution in [0.1, 0.15) is 11.1 Å². The minimum Gasteiger partial charge on any atom is -0.309 e. The van der Waals surface area contributed by atoms with Gasteiger partial charge in [-0.2, -0.15) is 10.5 Å². The van der Waals surface area contributed by atoms with Gasteiger partial charge in [-0.05, 0) is 113 Å². The number of benzene rings is 10. The summed E-state index contributed by atoms with van der Waals surface area (Å²) < 4.78 is 4.62. The van der Waals surface area contributed by atoms with E-state index in [0.29, 0.717) is 34.3 Å². The highest BCUT2D eigenvalue weighted by molar-refractivity contribution is 6.13. The molecular weight excluding hydrogens is 905 g/mol. The topological polar surface area (TPSA) is 100 Å². The molecule has 10 aromatic carbocycles. The number of nitrogens with zero attached hydrogens (tertiary/aromatic N) is 8. The van der Waals surface area contributed by atoms with E-state index in [1.54, 1.807) is 0 Å². The minimum atomic E-state index is 0.502. The molecule has 3 aromatic heterocycles. The number of aromatic nitrogens is 5. The Kier molecular flexibility index (Phi) is 10.5. The van der Waals surface area contributed by atoms with E-state index in [4.69, 9.17) is 21.5 Å². The van der Waals surface area contributed by atoms with E-state index < -0.39 is 0 Å². The van der Waals surface area contributed by atoms with Crippen molar-refractivity contribution in [2.24, 2.45) is 0 Å². The summed E-state index contributed by atoms with van der Waals surface area (Å²) in [4.78, 5) is 19.1. The smallest absolute Gasteiger partial charge is 0.187 e. The third kappa shape index (κ3) is 7.42. The molecule has 0 aliphatic heterocycles. The molecule has 0 aliphatic carbocycles. The molecule has 0 spiro atoms. The highest BCUT2D eigenvalue weighted by Gasteiger charge is 2.23. The van der Waals surface area contributed by atoms with Gasteiger partial charge in [0.25, 0.3) is 0 Å². The number of fused-ring (bicyclic) bond motifs is 6. The number of rotatable bonds is 8. The highest BCUT2D eigenvalue weighted by atomic mass is 15.0. The first-order valence-corrected chi connectivity index (χ1v) is 24.1. The molecule has 0 fully saturated rings. The summed E-state index contributed by atoms with van der Waals surface area (Å²) in [6.07, 6.45) is 0. The molecule has 0 radical (unpaired) electrons. The Morgan fingerprint density at radius 1 is 0.338 bits per heavy atom. The summed E-state index contributed by atoms with van der Waals surface area (Å²) in [5.74, 6) is 1.61. The average molecular weight is 943 g/mol. The first-order valence-electron chi connectivity index (χ1n) is 24.1. The van der Waals surface area contributed by atoms with Gasteiger partial charge < -0.3 is 9.13 Å². The van der Waals surface area contributed by atoms with Gasteiger partial charge in [0, 0.05) is 49.4 Å². The monoisotopic (exact) mass is 942 g/mol. The number of hydrogen-bond acceptors (Lipinski definition) is 5. The maximum absolute atomic E-state index is 10.7. The second kappa shape index (κ2) is 17.9. The molecule has 0 saturated carbocycles. The Bertz CT molecular complexity index is 4470. The lowest BCUT2D eigenvalue weighted by molar-refractivity contribution is 1.07. The van der Waals surface area contributed by atoms with Crippen molar-refractivity contribution in [2.75, 3.05) is 0 Å². The van der Waals surface area contributed by atoms with Crippen molar-refractivity contribution >= 4 is 49.3 Å². The molecule has 8 heteroatoms. The van der Waals surface area contributed by atoms with Gasteiger partial charge >= 0.3 is 0 Å². The van der Waals surface area contributed by atoms with E-state index in [1.807, 2.05) is 121 Å². The van der Waals surface area contributed by atoms with E-state index in [0.717, 1.165) is 105 Å². The average Bonchev–Trinajstić information content (AvgIpc) is 4.01. The van der Waals surface area contributed by atoms with Crippen molar-refractivity contribution in [3.63, 3.8) is 0 Å². The lowest BCUT2D eigenvalue weighted by Crippen LogP contribution is -2.04. The third-order valence-electron chi connectivity index (χ3n) is 13.8. The van der Waals surface area contributed by atoms with Crippen LogP contribution in [0, 0.1) is 29.2 Å². The maximum Gasteiger partial charge on any atom is 0.187 e. The van der Waals surface area contributed by atoms with Crippen LogP contribution < -0.4 is 0 Å². The fraction of sp³-hybridized carbons (Fsp3) is 0. The second-order valence-electron chi connectivity index (χ2n) is 18.1. The fourth-order valence-electron chi connectivity index (χ4n) is 10.4. The molecule has 8 nitrogen and oxygen atoms in total. The maximum atomic E-state index is 10.7. The lowest BCUT2D eigenvalue weighted by atomic mass is 9.96. The van der Waals surface area contributed by atoms with Gasteiger partial charge in [-0.1, -0.05) is 140 Å². The van der Waals surface area contributed by atoms with Gasteiger partial charge in [-0.15, -0.1) is 0 Å². The van der Waals surface area contributed by atoms with E-state index in [9.17, 15) is 10.5 Å². The highest BCUT2D eigenvalue weighted by Crippen LogP contribution is 2.44. The normalized spacial score (nSPS) is 11.2. The van der Waals surface area contributed by atoms with E-state index in [1.165, 1.54) is 0 Å². The molecule has 0 amide bonds. The second-order valence-corrected chi connectivity index (χ2v) is 18.1. The first kappa shape index (κ1) is 43.3. The zero-order valence-electron chi connectivity index (χ0n) is 39.5. The molecule has 0 unspecified atom stereocenters. The number of nitriles is 2. The predicted molar refractivity (Wildman–Crippen MR) is 297 cm³/mol. The van der Waals surface area contributed by atoms with Gasteiger partial charge in [0.1, 0.15) is 0 Å². The Labute approximate surface area is 426 Å². The largest absolute Gasteiger partial charge is 0.309 e. The zero-order valence-corrected chi connectivity index (χ0v) is 39.5. The van der Waals surface area contributed by atoms with Crippen LogP contribution in [0.5, 0.6) is 0 Å². The van der Waals surface area contributed by atoms with Crippen LogP contribution in [-0.4, -0.2) is 24.1 Å². The summed E-state index contributed by atoms with van der Waals surface area (Å²) in [7, 11) is 0. The molecule has 0 bridgehead atoms. The molecule has 13 aromatic rings. The Morgan fingerprint density at radius 3 is 1.34 bits per heavy atom. The van der Waals surface area contributed by atoms with Crippen LogP contribution in [0.15, 0.2) is 231 Å². The summed E-state index contributed by atoms with van der Waals surface area (Å²) in [6, 6.07) is 82.3. The molecular formula is C66H38N8. The number of hydrogen-bond donors (Lipinski definition) is 0. The van der Waals surface area contributed by atoms with Crippen LogP contribution in [0.3, 0.4) is 0 Å². The van der Waals surface area contributed by atoms with Crippen LogP contribution in [0.25, 0.3) is 127 Å². The quantitative estimate of drug-likeness (QED) is 0.141. The van der Waals surface area contributed by atoms with Crippen molar-refractivity contribution in [1.29, 1.82) is 10.5 Å². The predicted octanol–water partition coefficient (Wildman–Crippen LogP) is 16.4. The fourth-order valence-corrected chi connectivity index (χ4v) is 10.4. The third-order valence-corrected chi connectivity index (χ3v) is 13.8. The molecule has 0 atom stereocenters. The van der Waals surface area contributed by atoms with Crippen molar-refractivity contribution < 1.29 is 0 Å². The van der Waals surface area contributed by atoms with Gasteiger partial charge in [0.15, 0.2) is 23.2 Å². The first-order chi connectivity index (χ1) is 36.5. The standard InChI is InChI=1S/C66H38N8/c1-69-51-21-13-20-47(36-51)49-28-32-62-56(38-49)53-23-9-11-25-59(53)74(62)63-33-29-50(66-71-64(44-15-4-2-5-16-44)70-65(72-66)45-17-6-3-7-18-45)39-57(63)54-35-43(41-68)26-30-60(54)73-58-24-10-8-22-52(58)55-37-48(27-31-61(55)73)46-19-12-14-42(34-46)40-67/h2-39H. The van der Waals surface area contributed by atoms with Crippen LogP contribution >= 0.6 is 0 Å². The van der Waals surface area contributed by atoms with E-state index in [-0.39, 0.29) is 0 Å². The molecule has 74 heavy (non-hydrogen) atoms. The molecule has 0 saturated heterocycles. The number of para-hydroxylation sites is 2. The van der Waals surface area contributed by atoms with Gasteiger partial charge in [0.05, 0.1) is 63.3 Å². The van der Waals surface area contributed by atoms with Crippen molar-refractivity contribution in [2.45, 2.75) is 0 Å². The van der Waals surface area contributed by atoms with Gasteiger partial charge in [0.2, 0.25) is 0 Å². The molecule has 0 aliphatic rings. The molecule has 0 N–H and O–H groups in total. The summed E-state index contributed by atoms with van der Waals surface area (Å²) in [6.45, 7) is 7.70. The van der Waals surface area contributed by atoms with Crippen molar-refractivity contribution in [1.82, 2.24) is 24.1 Å². The van der Waals surface area contributed by atoms with Crippen LogP contribution in [0.2, 0.25) is 0 Å². The van der Waals surface area contributed by atoms with Crippen LogP contribution in [-0.2, 0) is 0 Å². The van der Waals surface area contributed by atoms with Gasteiger partial charge in [-0.3, -0.25) is 0 Å². The minimum absolute atomic E-state index is 0.502.